The molecule has 3 heterocycles. The summed E-state index contributed by atoms with van der Waals surface area (Å²) in [6.45, 7) is 12.1. The first-order valence-corrected chi connectivity index (χ1v) is 10.8. The minimum Gasteiger partial charge on any atom is -0.372 e. The molecule has 1 N–H and O–H groups in total. The van der Waals surface area contributed by atoms with Crippen LogP contribution in [0.4, 0.5) is 5.95 Å². The Labute approximate surface area is 177 Å². The zero-order valence-corrected chi connectivity index (χ0v) is 18.4. The lowest BCUT2D eigenvalue weighted by Gasteiger charge is -2.38. The minimum absolute atomic E-state index is 0.0145. The Morgan fingerprint density at radius 3 is 2.70 bits per heavy atom. The molecule has 0 radical (unpaired) electrons. The molecule has 1 aliphatic heterocycles. The van der Waals surface area contributed by atoms with Crippen molar-refractivity contribution in [1.82, 2.24) is 20.4 Å². The van der Waals surface area contributed by atoms with Crippen molar-refractivity contribution in [3.8, 4) is 0 Å². The first-order valence-electron chi connectivity index (χ1n) is 10.8. The highest BCUT2D eigenvalue weighted by atomic mass is 16.5. The lowest BCUT2D eigenvalue weighted by molar-refractivity contribution is -0.00575. The summed E-state index contributed by atoms with van der Waals surface area (Å²) in [6.07, 6.45) is 4.54. The molecule has 1 saturated heterocycles. The molecule has 1 amide bonds. The molecule has 0 spiro atoms. The van der Waals surface area contributed by atoms with Gasteiger partial charge in [0.25, 0.3) is 5.91 Å². The molecular formula is C22H31N5O3. The number of aromatic nitrogens is 3. The van der Waals surface area contributed by atoms with Crippen LogP contribution in [0.1, 0.15) is 74.6 Å². The predicted octanol–water partition coefficient (Wildman–Crippen LogP) is 3.08. The van der Waals surface area contributed by atoms with Gasteiger partial charge in [-0.1, -0.05) is 25.9 Å². The molecule has 0 saturated carbocycles. The lowest BCUT2D eigenvalue weighted by atomic mass is 9.74. The molecule has 162 valence electrons. The molecule has 2 aliphatic rings. The number of carbonyl (C=O) groups excluding carboxylic acids is 1. The van der Waals surface area contributed by atoms with E-state index in [9.17, 15) is 4.79 Å². The van der Waals surface area contributed by atoms with E-state index in [0.29, 0.717) is 17.9 Å². The Kier molecular flexibility index (Phi) is 5.53. The number of hydrogen-bond acceptors (Lipinski definition) is 7. The topological polar surface area (TPSA) is 93.4 Å². The number of ether oxygens (including phenoxy) is 1. The Bertz CT molecular complexity index is 915. The van der Waals surface area contributed by atoms with Gasteiger partial charge in [-0.15, -0.1) is 0 Å². The normalized spacial score (nSPS) is 25.6. The molecule has 0 unspecified atom stereocenters. The number of rotatable bonds is 4. The molecule has 1 aliphatic carbocycles. The summed E-state index contributed by atoms with van der Waals surface area (Å²) in [6, 6.07) is 1.54. The van der Waals surface area contributed by atoms with E-state index < -0.39 is 0 Å². The highest BCUT2D eigenvalue weighted by Gasteiger charge is 2.36. The van der Waals surface area contributed by atoms with Gasteiger partial charge >= 0.3 is 0 Å². The number of anilines is 1. The Morgan fingerprint density at radius 1 is 1.30 bits per heavy atom. The maximum absolute atomic E-state index is 12.8. The van der Waals surface area contributed by atoms with Crippen LogP contribution >= 0.6 is 0 Å². The van der Waals surface area contributed by atoms with Gasteiger partial charge < -0.3 is 19.5 Å². The molecule has 2 aromatic rings. The highest BCUT2D eigenvalue weighted by molar-refractivity contribution is 5.92. The van der Waals surface area contributed by atoms with Crippen LogP contribution in [-0.4, -0.2) is 46.3 Å². The van der Waals surface area contributed by atoms with E-state index in [2.05, 4.69) is 48.1 Å². The SMILES string of the molecule is CCc1cc(C(=O)N[C@@H]2CC(C)(C)Cc3nc(N4C[C@H](C)O[C@@H](C)C4)ncc32)no1. The van der Waals surface area contributed by atoms with Gasteiger partial charge in [0.2, 0.25) is 5.95 Å². The monoisotopic (exact) mass is 413 g/mol. The van der Waals surface area contributed by atoms with E-state index in [1.807, 2.05) is 13.1 Å². The van der Waals surface area contributed by atoms with Crippen molar-refractivity contribution < 1.29 is 14.1 Å². The largest absolute Gasteiger partial charge is 0.372 e. The number of fused-ring (bicyclic) bond motifs is 1. The quantitative estimate of drug-likeness (QED) is 0.823. The molecule has 4 rings (SSSR count). The lowest BCUT2D eigenvalue weighted by Crippen LogP contribution is -2.46. The average Bonchev–Trinajstić information content (AvgIpc) is 3.15. The van der Waals surface area contributed by atoms with Crippen molar-refractivity contribution in [2.24, 2.45) is 5.41 Å². The van der Waals surface area contributed by atoms with Crippen molar-refractivity contribution in [2.45, 2.75) is 72.1 Å². The second kappa shape index (κ2) is 7.98. The summed E-state index contributed by atoms with van der Waals surface area (Å²) < 4.78 is 11.0. The third kappa shape index (κ3) is 4.33. The summed E-state index contributed by atoms with van der Waals surface area (Å²) in [7, 11) is 0. The fourth-order valence-corrected chi connectivity index (χ4v) is 4.48. The summed E-state index contributed by atoms with van der Waals surface area (Å²) in [5.74, 6) is 1.21. The zero-order chi connectivity index (χ0) is 21.5. The van der Waals surface area contributed by atoms with Crippen molar-refractivity contribution in [3.63, 3.8) is 0 Å². The van der Waals surface area contributed by atoms with Gasteiger partial charge in [0.05, 0.1) is 23.9 Å². The van der Waals surface area contributed by atoms with E-state index in [0.717, 1.165) is 43.1 Å². The number of amides is 1. The van der Waals surface area contributed by atoms with E-state index in [1.165, 1.54) is 0 Å². The van der Waals surface area contributed by atoms with Gasteiger partial charge in [0, 0.05) is 37.3 Å². The first-order chi connectivity index (χ1) is 14.2. The van der Waals surface area contributed by atoms with Crippen molar-refractivity contribution >= 4 is 11.9 Å². The molecule has 0 bridgehead atoms. The van der Waals surface area contributed by atoms with Gasteiger partial charge in [-0.05, 0) is 32.1 Å². The van der Waals surface area contributed by atoms with Crippen LogP contribution < -0.4 is 10.2 Å². The van der Waals surface area contributed by atoms with Crippen LogP contribution in [0.2, 0.25) is 0 Å². The van der Waals surface area contributed by atoms with Crippen molar-refractivity contribution in [1.29, 1.82) is 0 Å². The van der Waals surface area contributed by atoms with E-state index in [-0.39, 0.29) is 29.6 Å². The number of nitrogens with zero attached hydrogens (tertiary/aromatic N) is 4. The summed E-state index contributed by atoms with van der Waals surface area (Å²) >= 11 is 0. The predicted molar refractivity (Wildman–Crippen MR) is 112 cm³/mol. The fraction of sp³-hybridized carbons (Fsp3) is 0.636. The number of nitrogens with one attached hydrogen (secondary N) is 1. The summed E-state index contributed by atoms with van der Waals surface area (Å²) in [5.41, 5.74) is 2.31. The second-order valence-electron chi connectivity index (χ2n) is 9.34. The van der Waals surface area contributed by atoms with Crippen LogP contribution in [0.3, 0.4) is 0 Å². The van der Waals surface area contributed by atoms with Gasteiger partial charge in [0.1, 0.15) is 5.76 Å². The van der Waals surface area contributed by atoms with Gasteiger partial charge in [-0.3, -0.25) is 4.79 Å². The maximum atomic E-state index is 12.8. The Morgan fingerprint density at radius 2 is 2.03 bits per heavy atom. The van der Waals surface area contributed by atoms with Gasteiger partial charge in [-0.25, -0.2) is 9.97 Å². The number of aryl methyl sites for hydroxylation is 1. The molecule has 0 aromatic carbocycles. The molecule has 2 aromatic heterocycles. The molecule has 8 heteroatoms. The number of morpholine rings is 1. The first kappa shape index (κ1) is 20.8. The van der Waals surface area contributed by atoms with Crippen molar-refractivity contribution in [3.05, 3.63) is 35.0 Å². The van der Waals surface area contributed by atoms with Crippen LogP contribution in [0.25, 0.3) is 0 Å². The van der Waals surface area contributed by atoms with Crippen LogP contribution in [0.5, 0.6) is 0 Å². The third-order valence-electron chi connectivity index (χ3n) is 5.81. The highest BCUT2D eigenvalue weighted by Crippen LogP contribution is 2.40. The Hall–Kier alpha value is -2.48. The molecule has 8 nitrogen and oxygen atoms in total. The average molecular weight is 414 g/mol. The minimum atomic E-state index is -0.230. The van der Waals surface area contributed by atoms with Gasteiger partial charge in [-0.2, -0.15) is 0 Å². The van der Waals surface area contributed by atoms with E-state index >= 15 is 0 Å². The summed E-state index contributed by atoms with van der Waals surface area (Å²) in [5, 5.41) is 7.02. The molecular weight excluding hydrogens is 382 g/mol. The van der Waals surface area contributed by atoms with E-state index in [1.54, 1.807) is 6.07 Å². The molecule has 1 fully saturated rings. The van der Waals surface area contributed by atoms with Crippen LogP contribution in [0, 0.1) is 5.41 Å². The fourth-order valence-electron chi connectivity index (χ4n) is 4.48. The molecule has 3 atom stereocenters. The van der Waals surface area contributed by atoms with Crippen LogP contribution in [0.15, 0.2) is 16.8 Å². The summed E-state index contributed by atoms with van der Waals surface area (Å²) in [4.78, 5) is 24.5. The smallest absolute Gasteiger partial charge is 0.273 e. The molecule has 30 heavy (non-hydrogen) atoms. The van der Waals surface area contributed by atoms with Gasteiger partial charge in [0.15, 0.2) is 5.69 Å². The Balaban J connectivity index is 1.58. The standard InChI is InChI=1S/C22H31N5O3/c1-6-15-7-17(26-30-15)20(28)24-18-8-22(4,5)9-19-16(18)10-23-21(25-19)27-11-13(2)29-14(3)12-27/h7,10,13-14,18H,6,8-9,11-12H2,1-5H3,(H,24,28)/t13-,14-,18+/m0/s1. The number of carbonyl (C=O) groups is 1. The maximum Gasteiger partial charge on any atom is 0.273 e. The zero-order valence-electron chi connectivity index (χ0n) is 18.4. The van der Waals surface area contributed by atoms with E-state index in [4.69, 9.17) is 14.2 Å². The van der Waals surface area contributed by atoms with Crippen molar-refractivity contribution in [2.75, 3.05) is 18.0 Å². The second-order valence-corrected chi connectivity index (χ2v) is 9.34. The third-order valence-corrected chi connectivity index (χ3v) is 5.81. The number of hydrogen-bond donors (Lipinski definition) is 1. The van der Waals surface area contributed by atoms with Crippen LogP contribution in [-0.2, 0) is 17.6 Å².